The average molecular weight is 815 g/mol. The first kappa shape index (κ1) is 35.2. The Hall–Kier alpha value is -8.40. The third kappa shape index (κ3) is 4.70. The van der Waals surface area contributed by atoms with E-state index in [0.29, 0.717) is 0 Å². The summed E-state index contributed by atoms with van der Waals surface area (Å²) in [5, 5.41) is 4.66. The van der Waals surface area contributed by atoms with Gasteiger partial charge < -0.3 is 13.9 Å². The van der Waals surface area contributed by atoms with Crippen molar-refractivity contribution >= 4 is 60.8 Å². The molecule has 0 bridgehead atoms. The van der Waals surface area contributed by atoms with Crippen molar-refractivity contribution in [1.82, 2.24) is 4.57 Å². The van der Waals surface area contributed by atoms with E-state index in [1.807, 2.05) is 6.07 Å². The van der Waals surface area contributed by atoms with Gasteiger partial charge in [0.1, 0.15) is 5.58 Å². The molecule has 0 radical (unpaired) electrons. The lowest BCUT2D eigenvalue weighted by molar-refractivity contribution is 0.669. The number of fused-ring (bicyclic) bond motifs is 17. The molecule has 0 aliphatic heterocycles. The van der Waals surface area contributed by atoms with Gasteiger partial charge in [-0.3, -0.25) is 0 Å². The van der Waals surface area contributed by atoms with Crippen LogP contribution in [0, 0.1) is 0 Å². The Morgan fingerprint density at radius 3 is 1.72 bits per heavy atom. The van der Waals surface area contributed by atoms with Crippen LogP contribution in [0.15, 0.2) is 235 Å². The number of nitrogens with zero attached hydrogens (tertiary/aromatic N) is 2. The third-order valence-corrected chi connectivity index (χ3v) is 14.0. The standard InChI is InChI=1S/C61H38N2O/c1-3-16-39(17-4-1)40-30-32-42(33-31-40)62(56-28-15-24-47-46-22-10-14-29-57(46)64-60(47)56)43-34-36-54-49(38-43)59-55(63(54)41-18-5-2-6-19-41)37-35-53-58(59)48-23-9-13-27-52(48)61(53)50-25-11-7-20-44(50)45-21-8-12-26-51(45)61/h1-38H. The number of hydrogen-bond donors (Lipinski definition) is 0. The first-order valence-electron chi connectivity index (χ1n) is 22.1. The van der Waals surface area contributed by atoms with E-state index in [4.69, 9.17) is 4.42 Å². The highest BCUT2D eigenvalue weighted by Gasteiger charge is 2.52. The van der Waals surface area contributed by atoms with Gasteiger partial charge in [-0.2, -0.15) is 0 Å². The topological polar surface area (TPSA) is 21.3 Å². The van der Waals surface area contributed by atoms with Gasteiger partial charge in [-0.1, -0.05) is 170 Å². The van der Waals surface area contributed by atoms with Crippen LogP contribution in [0.4, 0.5) is 17.1 Å². The quantitative estimate of drug-likeness (QED) is 0.173. The predicted octanol–water partition coefficient (Wildman–Crippen LogP) is 16.2. The fourth-order valence-electron chi connectivity index (χ4n) is 11.4. The fraction of sp³-hybridized carbons (Fsp3) is 0.0164. The number of hydrogen-bond acceptors (Lipinski definition) is 2. The van der Waals surface area contributed by atoms with Crippen molar-refractivity contribution in [2.45, 2.75) is 5.41 Å². The van der Waals surface area contributed by atoms with Gasteiger partial charge in [0.2, 0.25) is 0 Å². The largest absolute Gasteiger partial charge is 0.454 e. The summed E-state index contributed by atoms with van der Waals surface area (Å²) in [4.78, 5) is 2.38. The molecule has 2 heterocycles. The van der Waals surface area contributed by atoms with Gasteiger partial charge in [-0.25, -0.2) is 0 Å². The number of aromatic nitrogens is 1. The number of para-hydroxylation sites is 3. The van der Waals surface area contributed by atoms with E-state index >= 15 is 0 Å². The maximum atomic E-state index is 6.78. The van der Waals surface area contributed by atoms with Crippen LogP contribution in [0.5, 0.6) is 0 Å². The number of furan rings is 1. The Bertz CT molecular complexity index is 3790. The van der Waals surface area contributed by atoms with Crippen molar-refractivity contribution in [2.75, 3.05) is 4.90 Å². The molecule has 2 aliphatic carbocycles. The second-order valence-corrected chi connectivity index (χ2v) is 17.1. The molecule has 1 spiro atoms. The van der Waals surface area contributed by atoms with Crippen molar-refractivity contribution in [3.05, 3.63) is 253 Å². The first-order valence-corrected chi connectivity index (χ1v) is 22.1. The normalized spacial score (nSPS) is 13.1. The van der Waals surface area contributed by atoms with E-state index in [9.17, 15) is 0 Å². The minimum Gasteiger partial charge on any atom is -0.454 e. The zero-order valence-electron chi connectivity index (χ0n) is 34.7. The molecule has 298 valence electrons. The molecule has 0 saturated heterocycles. The Labute approximate surface area is 370 Å². The van der Waals surface area contributed by atoms with Crippen LogP contribution >= 0.6 is 0 Å². The van der Waals surface area contributed by atoms with Crippen molar-refractivity contribution in [2.24, 2.45) is 0 Å². The molecule has 2 aliphatic rings. The molecule has 10 aromatic carbocycles. The van der Waals surface area contributed by atoms with Crippen LogP contribution in [0.2, 0.25) is 0 Å². The van der Waals surface area contributed by atoms with Crippen molar-refractivity contribution < 1.29 is 4.42 Å². The summed E-state index contributed by atoms with van der Waals surface area (Å²) in [5.41, 5.74) is 20.8. The van der Waals surface area contributed by atoms with Crippen LogP contribution in [-0.4, -0.2) is 4.57 Å². The maximum Gasteiger partial charge on any atom is 0.159 e. The SMILES string of the molecule is c1ccc(-c2ccc(N(c3ccc4c(c3)c3c5c(ccc3n4-c3ccccc3)C3(c4ccccc4-c4ccccc43)c3ccccc3-5)c3cccc4c3oc3ccccc34)cc2)cc1. The van der Waals surface area contributed by atoms with Crippen molar-refractivity contribution in [3.8, 4) is 39.1 Å². The third-order valence-electron chi connectivity index (χ3n) is 14.0. The Morgan fingerprint density at radius 1 is 0.391 bits per heavy atom. The summed E-state index contributed by atoms with van der Waals surface area (Å²) in [6.07, 6.45) is 0. The lowest BCUT2D eigenvalue weighted by Gasteiger charge is -2.30. The lowest BCUT2D eigenvalue weighted by Crippen LogP contribution is -2.25. The summed E-state index contributed by atoms with van der Waals surface area (Å²) < 4.78 is 9.24. The summed E-state index contributed by atoms with van der Waals surface area (Å²) in [6, 6.07) is 84.4. The molecule has 0 atom stereocenters. The Morgan fingerprint density at radius 2 is 0.969 bits per heavy atom. The van der Waals surface area contributed by atoms with Gasteiger partial charge in [0.15, 0.2) is 5.58 Å². The smallest absolute Gasteiger partial charge is 0.159 e. The zero-order chi connectivity index (χ0) is 41.9. The molecule has 0 saturated carbocycles. The number of rotatable bonds is 5. The van der Waals surface area contributed by atoms with Crippen LogP contribution in [0.1, 0.15) is 22.3 Å². The van der Waals surface area contributed by atoms with Crippen LogP contribution in [-0.2, 0) is 5.41 Å². The molecular formula is C61H38N2O. The highest BCUT2D eigenvalue weighted by molar-refractivity contribution is 6.20. The monoisotopic (exact) mass is 814 g/mol. The Kier molecular flexibility index (Phi) is 7.32. The summed E-state index contributed by atoms with van der Waals surface area (Å²) in [6.45, 7) is 0. The molecule has 64 heavy (non-hydrogen) atoms. The highest BCUT2D eigenvalue weighted by atomic mass is 16.3. The van der Waals surface area contributed by atoms with Gasteiger partial charge in [0, 0.05) is 38.6 Å². The molecule has 12 aromatic rings. The van der Waals surface area contributed by atoms with Gasteiger partial charge >= 0.3 is 0 Å². The molecular weight excluding hydrogens is 777 g/mol. The number of benzene rings is 10. The first-order chi connectivity index (χ1) is 31.8. The van der Waals surface area contributed by atoms with Crippen LogP contribution in [0.3, 0.4) is 0 Å². The average Bonchev–Trinajstić information content (AvgIpc) is 4.09. The fourth-order valence-corrected chi connectivity index (χ4v) is 11.4. The maximum absolute atomic E-state index is 6.78. The van der Waals surface area contributed by atoms with E-state index in [1.165, 1.54) is 71.9 Å². The molecule has 0 N–H and O–H groups in total. The Balaban J connectivity index is 1.08. The highest BCUT2D eigenvalue weighted by Crippen LogP contribution is 2.64. The molecule has 3 nitrogen and oxygen atoms in total. The molecule has 2 aromatic heterocycles. The summed E-state index contributed by atoms with van der Waals surface area (Å²) in [7, 11) is 0. The molecule has 14 rings (SSSR count). The zero-order valence-corrected chi connectivity index (χ0v) is 34.7. The molecule has 0 unspecified atom stereocenters. The van der Waals surface area contributed by atoms with E-state index in [1.54, 1.807) is 0 Å². The van der Waals surface area contributed by atoms with Gasteiger partial charge in [-0.15, -0.1) is 0 Å². The molecule has 3 heteroatoms. The summed E-state index contributed by atoms with van der Waals surface area (Å²) in [5.74, 6) is 0. The van der Waals surface area contributed by atoms with E-state index in [0.717, 1.165) is 50.2 Å². The number of anilines is 3. The molecule has 0 amide bonds. The minimum absolute atomic E-state index is 0.449. The van der Waals surface area contributed by atoms with Crippen LogP contribution < -0.4 is 4.90 Å². The van der Waals surface area contributed by atoms with E-state index in [2.05, 4.69) is 234 Å². The van der Waals surface area contributed by atoms with E-state index < -0.39 is 5.41 Å². The van der Waals surface area contributed by atoms with E-state index in [-0.39, 0.29) is 0 Å². The predicted molar refractivity (Wildman–Crippen MR) is 264 cm³/mol. The van der Waals surface area contributed by atoms with Gasteiger partial charge in [-0.05, 0) is 116 Å². The summed E-state index contributed by atoms with van der Waals surface area (Å²) >= 11 is 0. The van der Waals surface area contributed by atoms with Gasteiger partial charge in [0.25, 0.3) is 0 Å². The molecule has 0 fully saturated rings. The second kappa shape index (κ2) is 13.3. The van der Waals surface area contributed by atoms with Gasteiger partial charge in [0.05, 0.1) is 22.1 Å². The lowest BCUT2D eigenvalue weighted by atomic mass is 9.70. The minimum atomic E-state index is -0.449. The second-order valence-electron chi connectivity index (χ2n) is 17.1. The van der Waals surface area contributed by atoms with Crippen molar-refractivity contribution in [3.63, 3.8) is 0 Å². The van der Waals surface area contributed by atoms with Crippen LogP contribution in [0.25, 0.3) is 82.8 Å². The van der Waals surface area contributed by atoms with Crippen molar-refractivity contribution in [1.29, 1.82) is 0 Å².